The van der Waals surface area contributed by atoms with Gasteiger partial charge in [-0.15, -0.1) is 0 Å². The maximum atomic E-state index is 11.6. The van der Waals surface area contributed by atoms with E-state index in [1.165, 1.54) is 0 Å². The van der Waals surface area contributed by atoms with E-state index in [-0.39, 0.29) is 5.97 Å². The van der Waals surface area contributed by atoms with Crippen LogP contribution >= 0.6 is 0 Å². The molecule has 0 fully saturated rings. The third-order valence-corrected chi connectivity index (χ3v) is 2.55. The Balaban J connectivity index is 0.000000771. The number of fused-ring (bicyclic) bond motifs is 1. The summed E-state index contributed by atoms with van der Waals surface area (Å²) in [5.41, 5.74) is 2.51. The molecule has 1 aromatic carbocycles. The number of ether oxygens (including phenoxy) is 1. The third kappa shape index (κ3) is 2.70. The summed E-state index contributed by atoms with van der Waals surface area (Å²) >= 11 is 0. The first-order chi connectivity index (χ1) is 8.63. The number of nitrogens with zero attached hydrogens (tertiary/aromatic N) is 2. The van der Waals surface area contributed by atoms with Crippen molar-refractivity contribution in [1.82, 2.24) is 9.78 Å². The maximum absolute atomic E-state index is 11.6. The van der Waals surface area contributed by atoms with E-state index < -0.39 is 0 Å². The topological polar surface area (TPSA) is 44.1 Å². The number of aromatic nitrogens is 2. The Labute approximate surface area is 108 Å². The molecule has 1 aromatic heterocycles. The normalized spacial score (nSPS) is 9.83. The molecule has 0 aliphatic rings. The van der Waals surface area contributed by atoms with E-state index in [1.807, 2.05) is 40.0 Å². The second-order valence-corrected chi connectivity index (χ2v) is 3.66. The number of hydrogen-bond acceptors (Lipinski definition) is 3. The summed E-state index contributed by atoms with van der Waals surface area (Å²) in [5, 5.41) is 5.29. The molecule has 0 N–H and O–H groups in total. The van der Waals surface area contributed by atoms with Crippen LogP contribution in [0.4, 0.5) is 0 Å². The van der Waals surface area contributed by atoms with Gasteiger partial charge in [0.05, 0.1) is 23.4 Å². The van der Waals surface area contributed by atoms with E-state index in [0.717, 1.165) is 16.6 Å². The van der Waals surface area contributed by atoms with E-state index in [2.05, 4.69) is 5.10 Å². The molecule has 0 bridgehead atoms. The van der Waals surface area contributed by atoms with E-state index >= 15 is 0 Å². The summed E-state index contributed by atoms with van der Waals surface area (Å²) in [5.74, 6) is -0.285. The zero-order chi connectivity index (χ0) is 13.7. The van der Waals surface area contributed by atoms with Crippen molar-refractivity contribution in [3.8, 4) is 0 Å². The lowest BCUT2D eigenvalue weighted by molar-refractivity contribution is 0.0526. The minimum Gasteiger partial charge on any atom is -0.462 e. The maximum Gasteiger partial charge on any atom is 0.338 e. The van der Waals surface area contributed by atoms with Gasteiger partial charge < -0.3 is 4.74 Å². The van der Waals surface area contributed by atoms with Gasteiger partial charge in [0.15, 0.2) is 0 Å². The lowest BCUT2D eigenvalue weighted by Gasteiger charge is -2.01. The molecule has 0 aliphatic carbocycles. The highest BCUT2D eigenvalue weighted by Gasteiger charge is 2.10. The van der Waals surface area contributed by atoms with Crippen LogP contribution in [0.1, 0.15) is 36.8 Å². The highest BCUT2D eigenvalue weighted by molar-refractivity contribution is 5.95. The molecule has 0 spiro atoms. The molecule has 1 heterocycles. The van der Waals surface area contributed by atoms with Gasteiger partial charge in [0.2, 0.25) is 0 Å². The van der Waals surface area contributed by atoms with Gasteiger partial charge in [-0.05, 0) is 32.0 Å². The molecular weight excluding hydrogens is 228 g/mol. The number of carbonyl (C=O) groups is 1. The summed E-state index contributed by atoms with van der Waals surface area (Å²) in [6.45, 7) is 8.12. The van der Waals surface area contributed by atoms with Crippen molar-refractivity contribution >= 4 is 16.9 Å². The van der Waals surface area contributed by atoms with Gasteiger partial charge in [0.1, 0.15) is 0 Å². The van der Waals surface area contributed by atoms with Crippen LogP contribution in [0.25, 0.3) is 10.9 Å². The number of rotatable bonds is 2. The van der Waals surface area contributed by atoms with Gasteiger partial charge in [0, 0.05) is 12.4 Å². The van der Waals surface area contributed by atoms with Crippen molar-refractivity contribution in [2.24, 2.45) is 7.05 Å². The summed E-state index contributed by atoms with van der Waals surface area (Å²) < 4.78 is 6.76. The zero-order valence-corrected chi connectivity index (χ0v) is 11.7. The molecule has 4 nitrogen and oxygen atoms in total. The van der Waals surface area contributed by atoms with Crippen molar-refractivity contribution in [1.29, 1.82) is 0 Å². The summed E-state index contributed by atoms with van der Waals surface area (Å²) in [7, 11) is 1.89. The predicted molar refractivity (Wildman–Crippen MR) is 72.8 cm³/mol. The summed E-state index contributed by atoms with van der Waals surface area (Å²) in [4.78, 5) is 11.6. The van der Waals surface area contributed by atoms with Crippen LogP contribution < -0.4 is 0 Å². The van der Waals surface area contributed by atoms with Gasteiger partial charge in [-0.25, -0.2) is 4.79 Å². The molecule has 0 saturated heterocycles. The fourth-order valence-electron chi connectivity index (χ4n) is 1.78. The SMILES string of the molecule is CC.CCOC(=O)c1ccc2c(c1)c(C)nn2C. The quantitative estimate of drug-likeness (QED) is 0.767. The van der Waals surface area contributed by atoms with E-state index in [9.17, 15) is 4.79 Å². The highest BCUT2D eigenvalue weighted by Crippen LogP contribution is 2.19. The lowest BCUT2D eigenvalue weighted by Crippen LogP contribution is -2.04. The van der Waals surface area contributed by atoms with Crippen LogP contribution in [0.3, 0.4) is 0 Å². The van der Waals surface area contributed by atoms with E-state index in [1.54, 1.807) is 17.7 Å². The van der Waals surface area contributed by atoms with Crippen LogP contribution in [-0.2, 0) is 11.8 Å². The summed E-state index contributed by atoms with van der Waals surface area (Å²) in [6.07, 6.45) is 0. The molecule has 18 heavy (non-hydrogen) atoms. The number of esters is 1. The number of carbonyl (C=O) groups excluding carboxylic acids is 1. The Morgan fingerprint density at radius 3 is 2.67 bits per heavy atom. The lowest BCUT2D eigenvalue weighted by atomic mass is 10.1. The Morgan fingerprint density at radius 1 is 1.39 bits per heavy atom. The second-order valence-electron chi connectivity index (χ2n) is 3.66. The monoisotopic (exact) mass is 248 g/mol. The molecule has 2 aromatic rings. The zero-order valence-electron chi connectivity index (χ0n) is 11.7. The average molecular weight is 248 g/mol. The van der Waals surface area contributed by atoms with Gasteiger partial charge in [-0.3, -0.25) is 4.68 Å². The number of benzene rings is 1. The van der Waals surface area contributed by atoms with Crippen molar-refractivity contribution in [3.63, 3.8) is 0 Å². The first kappa shape index (κ1) is 14.2. The van der Waals surface area contributed by atoms with E-state index in [4.69, 9.17) is 4.74 Å². The van der Waals surface area contributed by atoms with Gasteiger partial charge in [-0.2, -0.15) is 5.10 Å². The molecule has 0 amide bonds. The Hall–Kier alpha value is -1.84. The Morgan fingerprint density at radius 2 is 2.06 bits per heavy atom. The molecule has 0 saturated carbocycles. The predicted octanol–water partition coefficient (Wildman–Crippen LogP) is 3.08. The first-order valence-electron chi connectivity index (χ1n) is 6.24. The van der Waals surface area contributed by atoms with Gasteiger partial charge >= 0.3 is 5.97 Å². The second kappa shape index (κ2) is 6.19. The molecule has 0 atom stereocenters. The third-order valence-electron chi connectivity index (χ3n) is 2.55. The molecular formula is C14H20N2O2. The number of hydrogen-bond donors (Lipinski definition) is 0. The Kier molecular flexibility index (Phi) is 4.89. The van der Waals surface area contributed by atoms with E-state index in [0.29, 0.717) is 12.2 Å². The molecule has 4 heteroatoms. The minimum atomic E-state index is -0.285. The highest BCUT2D eigenvalue weighted by atomic mass is 16.5. The average Bonchev–Trinajstić information content (AvgIpc) is 2.67. The van der Waals surface area contributed by atoms with Crippen molar-refractivity contribution in [2.45, 2.75) is 27.7 Å². The largest absolute Gasteiger partial charge is 0.462 e. The standard InChI is InChI=1S/C12H14N2O2.C2H6/c1-4-16-12(15)9-5-6-11-10(7-9)8(2)13-14(11)3;1-2/h5-7H,4H2,1-3H3;1-2H3. The van der Waals surface area contributed by atoms with Crippen molar-refractivity contribution in [2.75, 3.05) is 6.61 Å². The number of aryl methyl sites for hydroxylation is 2. The molecule has 98 valence electrons. The van der Waals surface area contributed by atoms with Crippen LogP contribution in [0, 0.1) is 6.92 Å². The fourth-order valence-corrected chi connectivity index (χ4v) is 1.78. The van der Waals surface area contributed by atoms with Gasteiger partial charge in [-0.1, -0.05) is 13.8 Å². The molecule has 2 rings (SSSR count). The molecule has 0 unspecified atom stereocenters. The van der Waals surface area contributed by atoms with Crippen LogP contribution in [0.2, 0.25) is 0 Å². The van der Waals surface area contributed by atoms with Gasteiger partial charge in [0.25, 0.3) is 0 Å². The first-order valence-corrected chi connectivity index (χ1v) is 6.24. The smallest absolute Gasteiger partial charge is 0.338 e. The van der Waals surface area contributed by atoms with Crippen LogP contribution in [0.5, 0.6) is 0 Å². The minimum absolute atomic E-state index is 0.285. The molecule has 0 aliphatic heterocycles. The Bertz CT molecular complexity index is 544. The molecule has 0 radical (unpaired) electrons. The van der Waals surface area contributed by atoms with Crippen LogP contribution in [-0.4, -0.2) is 22.4 Å². The van der Waals surface area contributed by atoms with Crippen molar-refractivity contribution < 1.29 is 9.53 Å². The fraction of sp³-hybridized carbons (Fsp3) is 0.429. The van der Waals surface area contributed by atoms with Crippen LogP contribution in [0.15, 0.2) is 18.2 Å². The van der Waals surface area contributed by atoms with Crippen molar-refractivity contribution in [3.05, 3.63) is 29.5 Å². The summed E-state index contributed by atoms with van der Waals surface area (Å²) in [6, 6.07) is 5.48.